The number of hydrogen-bond donors (Lipinski definition) is 2. The molecule has 0 aromatic carbocycles. The molecule has 0 amide bonds. The molecule has 0 spiro atoms. The van der Waals surface area contributed by atoms with Gasteiger partial charge >= 0.3 is 0 Å². The van der Waals surface area contributed by atoms with Crippen LogP contribution >= 0.6 is 0 Å². The molecule has 2 aliphatic heterocycles. The van der Waals surface area contributed by atoms with E-state index in [9.17, 15) is 9.90 Å². The minimum atomic E-state index is -0.792. The number of rotatable bonds is 4. The van der Waals surface area contributed by atoms with E-state index < -0.39 is 30.3 Å². The van der Waals surface area contributed by atoms with Crippen LogP contribution in [-0.4, -0.2) is 60.8 Å². The minimum absolute atomic E-state index is 0.144. The third-order valence-corrected chi connectivity index (χ3v) is 4.42. The van der Waals surface area contributed by atoms with Crippen molar-refractivity contribution in [1.82, 2.24) is 25.0 Å². The number of nitrogens with one attached hydrogen (secondary N) is 1. The Bertz CT molecular complexity index is 846. The van der Waals surface area contributed by atoms with E-state index in [4.69, 9.17) is 14.2 Å². The molecule has 4 rings (SSSR count). The van der Waals surface area contributed by atoms with Gasteiger partial charge in [0.2, 0.25) is 0 Å². The van der Waals surface area contributed by atoms with Crippen LogP contribution in [0.25, 0.3) is 11.2 Å². The molecule has 4 heterocycles. The summed E-state index contributed by atoms with van der Waals surface area (Å²) < 4.78 is 19.1. The van der Waals surface area contributed by atoms with Crippen LogP contribution in [0.3, 0.4) is 0 Å². The molecular formula is C15H21N5O5. The molecule has 2 aromatic heterocycles. The van der Waals surface area contributed by atoms with Crippen molar-refractivity contribution in [2.75, 3.05) is 6.61 Å². The van der Waals surface area contributed by atoms with Crippen molar-refractivity contribution in [3.63, 3.8) is 0 Å². The monoisotopic (exact) mass is 351 g/mol. The Labute approximate surface area is 143 Å². The third-order valence-electron chi connectivity index (χ3n) is 4.42. The molecule has 0 unspecified atom stereocenters. The second-order valence-corrected chi connectivity index (χ2v) is 6.78. The summed E-state index contributed by atoms with van der Waals surface area (Å²) in [5.74, 6) is -0.222. The highest BCUT2D eigenvalue weighted by Gasteiger charge is 2.56. The quantitative estimate of drug-likeness (QED) is 0.781. The zero-order valence-electron chi connectivity index (χ0n) is 14.3. The fourth-order valence-corrected chi connectivity index (χ4v) is 3.42. The largest absolute Gasteiger partial charge is 0.394 e. The normalized spacial score (nSPS) is 30.9. The molecule has 136 valence electrons. The molecule has 2 N–H and O–H groups in total. The van der Waals surface area contributed by atoms with Crippen molar-refractivity contribution in [1.29, 1.82) is 0 Å². The Morgan fingerprint density at radius 1 is 1.32 bits per heavy atom. The molecule has 10 heteroatoms. The number of hydrogen-bond acceptors (Lipinski definition) is 8. The van der Waals surface area contributed by atoms with Crippen LogP contribution in [-0.2, 0) is 20.6 Å². The molecule has 0 bridgehead atoms. The van der Waals surface area contributed by atoms with E-state index in [1.807, 2.05) is 6.92 Å². The SMILES string of the molecule is CCCc1nc2c(nnn2[C@@H]2O[C@H](CO)[C@H]3OC(C)(C)O[C@H]32)c(=O)[nH]1. The number of aromatic nitrogens is 5. The summed E-state index contributed by atoms with van der Waals surface area (Å²) in [6.07, 6.45) is -0.655. The molecule has 10 nitrogen and oxygen atoms in total. The third kappa shape index (κ3) is 2.65. The topological polar surface area (TPSA) is 124 Å². The summed E-state index contributed by atoms with van der Waals surface area (Å²) in [7, 11) is 0. The van der Waals surface area contributed by atoms with E-state index in [1.165, 1.54) is 4.68 Å². The number of aromatic amines is 1. The Hall–Kier alpha value is -1.88. The van der Waals surface area contributed by atoms with E-state index >= 15 is 0 Å². The van der Waals surface area contributed by atoms with Gasteiger partial charge in [-0.1, -0.05) is 12.1 Å². The number of aliphatic hydroxyl groups is 1. The van der Waals surface area contributed by atoms with Gasteiger partial charge in [0.05, 0.1) is 6.61 Å². The molecule has 0 radical (unpaired) electrons. The summed E-state index contributed by atoms with van der Waals surface area (Å²) in [6, 6.07) is 0. The fraction of sp³-hybridized carbons (Fsp3) is 0.733. The number of aryl methyl sites for hydroxylation is 1. The molecular weight excluding hydrogens is 330 g/mol. The Balaban J connectivity index is 1.78. The molecule has 0 aliphatic carbocycles. The lowest BCUT2D eigenvalue weighted by Gasteiger charge is -2.23. The predicted molar refractivity (Wildman–Crippen MR) is 84.8 cm³/mol. The van der Waals surface area contributed by atoms with Gasteiger partial charge in [-0.15, -0.1) is 5.10 Å². The van der Waals surface area contributed by atoms with Gasteiger partial charge in [0.25, 0.3) is 5.56 Å². The molecule has 4 atom stereocenters. The summed E-state index contributed by atoms with van der Waals surface area (Å²) in [6.45, 7) is 5.40. The maximum Gasteiger partial charge on any atom is 0.281 e. The zero-order valence-corrected chi connectivity index (χ0v) is 14.3. The first-order valence-electron chi connectivity index (χ1n) is 8.39. The average molecular weight is 351 g/mol. The van der Waals surface area contributed by atoms with Gasteiger partial charge < -0.3 is 24.3 Å². The van der Waals surface area contributed by atoms with Crippen LogP contribution in [0.15, 0.2) is 4.79 Å². The fourth-order valence-electron chi connectivity index (χ4n) is 3.42. The lowest BCUT2D eigenvalue weighted by atomic mass is 10.1. The van der Waals surface area contributed by atoms with Crippen LogP contribution in [0.4, 0.5) is 0 Å². The zero-order chi connectivity index (χ0) is 17.8. The summed E-state index contributed by atoms with van der Waals surface area (Å²) in [4.78, 5) is 19.4. The van der Waals surface area contributed by atoms with Crippen molar-refractivity contribution < 1.29 is 19.3 Å². The van der Waals surface area contributed by atoms with Crippen LogP contribution in [0.5, 0.6) is 0 Å². The standard InChI is InChI=1S/C15H21N5O5/c1-4-5-8-16-12-9(13(22)17-8)18-19-20(12)14-11-10(7(6-21)23-14)24-15(2,3)25-11/h7,10-11,14,21H,4-6H2,1-3H3,(H,16,17,22)/t7-,10-,11-,14-/m1/s1. The summed E-state index contributed by atoms with van der Waals surface area (Å²) in [5, 5.41) is 17.6. The first-order valence-corrected chi connectivity index (χ1v) is 8.39. The van der Waals surface area contributed by atoms with Crippen molar-refractivity contribution >= 4 is 11.2 Å². The number of H-pyrrole nitrogens is 1. The van der Waals surface area contributed by atoms with Gasteiger partial charge in [0.15, 0.2) is 23.2 Å². The highest BCUT2D eigenvalue weighted by atomic mass is 16.8. The molecule has 2 fully saturated rings. The van der Waals surface area contributed by atoms with Crippen LogP contribution < -0.4 is 5.56 Å². The average Bonchev–Trinajstić information content (AvgIpc) is 3.18. The number of ether oxygens (including phenoxy) is 3. The van der Waals surface area contributed by atoms with Gasteiger partial charge in [-0.2, -0.15) is 4.68 Å². The van der Waals surface area contributed by atoms with E-state index in [0.717, 1.165) is 6.42 Å². The highest BCUT2D eigenvalue weighted by Crippen LogP contribution is 2.43. The molecule has 0 saturated carbocycles. The first-order chi connectivity index (χ1) is 11.9. The molecule has 2 saturated heterocycles. The van der Waals surface area contributed by atoms with E-state index in [1.54, 1.807) is 13.8 Å². The predicted octanol–water partition coefficient (Wildman–Crippen LogP) is -0.123. The lowest BCUT2D eigenvalue weighted by Crippen LogP contribution is -2.31. The highest BCUT2D eigenvalue weighted by molar-refractivity contribution is 5.68. The number of nitrogens with zero attached hydrogens (tertiary/aromatic N) is 4. The molecule has 2 aromatic rings. The number of fused-ring (bicyclic) bond motifs is 2. The van der Waals surface area contributed by atoms with E-state index in [0.29, 0.717) is 17.9 Å². The van der Waals surface area contributed by atoms with Gasteiger partial charge in [-0.3, -0.25) is 4.79 Å². The molecule has 2 aliphatic rings. The van der Waals surface area contributed by atoms with Crippen LogP contribution in [0, 0.1) is 0 Å². The van der Waals surface area contributed by atoms with E-state index in [2.05, 4.69) is 20.3 Å². The second kappa shape index (κ2) is 5.84. The van der Waals surface area contributed by atoms with Crippen molar-refractivity contribution in [2.24, 2.45) is 0 Å². The Morgan fingerprint density at radius 3 is 2.80 bits per heavy atom. The summed E-state index contributed by atoms with van der Waals surface area (Å²) >= 11 is 0. The van der Waals surface area contributed by atoms with Crippen LogP contribution in [0.1, 0.15) is 39.2 Å². The van der Waals surface area contributed by atoms with Gasteiger partial charge in [-0.05, 0) is 20.3 Å². The Morgan fingerprint density at radius 2 is 2.08 bits per heavy atom. The smallest absolute Gasteiger partial charge is 0.281 e. The summed E-state index contributed by atoms with van der Waals surface area (Å²) in [5.41, 5.74) is 0.144. The molecule has 25 heavy (non-hydrogen) atoms. The second-order valence-electron chi connectivity index (χ2n) is 6.78. The van der Waals surface area contributed by atoms with Crippen LogP contribution in [0.2, 0.25) is 0 Å². The van der Waals surface area contributed by atoms with Crippen molar-refractivity contribution in [3.05, 3.63) is 16.2 Å². The maximum absolute atomic E-state index is 12.2. The lowest BCUT2D eigenvalue weighted by molar-refractivity contribution is -0.201. The van der Waals surface area contributed by atoms with Crippen molar-refractivity contribution in [3.8, 4) is 0 Å². The minimum Gasteiger partial charge on any atom is -0.394 e. The van der Waals surface area contributed by atoms with Crippen molar-refractivity contribution in [2.45, 2.75) is 63.9 Å². The number of aliphatic hydroxyl groups excluding tert-OH is 1. The Kier molecular flexibility index (Phi) is 3.87. The van der Waals surface area contributed by atoms with Gasteiger partial charge in [0.1, 0.15) is 24.1 Å². The first kappa shape index (κ1) is 16.6. The maximum atomic E-state index is 12.2. The van der Waals surface area contributed by atoms with E-state index in [-0.39, 0.29) is 17.7 Å². The van der Waals surface area contributed by atoms with Gasteiger partial charge in [0, 0.05) is 6.42 Å². The van der Waals surface area contributed by atoms with Gasteiger partial charge in [-0.25, -0.2) is 4.98 Å².